The Labute approximate surface area is 151 Å². The van der Waals surface area contributed by atoms with Crippen LogP contribution in [0.15, 0.2) is 12.4 Å². The van der Waals surface area contributed by atoms with E-state index in [0.29, 0.717) is 33.6 Å². The number of nitrogens with zero attached hydrogens (tertiary/aromatic N) is 2. The van der Waals surface area contributed by atoms with Crippen molar-refractivity contribution in [3.8, 4) is 11.5 Å². The number of halogens is 1. The molecule has 0 aliphatic carbocycles. The Morgan fingerprint density at radius 1 is 0.680 bits per heavy atom. The number of hydrogen-bond acceptors (Lipinski definition) is 8. The van der Waals surface area contributed by atoms with Gasteiger partial charge in [0, 0.05) is 34.6 Å². The van der Waals surface area contributed by atoms with Crippen molar-refractivity contribution in [2.24, 2.45) is 0 Å². The normalized spacial score (nSPS) is 9.84. The van der Waals surface area contributed by atoms with Crippen molar-refractivity contribution in [1.82, 2.24) is 9.97 Å². The highest BCUT2D eigenvalue weighted by molar-refractivity contribution is 5.85. The van der Waals surface area contributed by atoms with Gasteiger partial charge in [0.1, 0.15) is 11.5 Å². The molecule has 0 aliphatic rings. The van der Waals surface area contributed by atoms with E-state index in [9.17, 15) is 10.2 Å². The van der Waals surface area contributed by atoms with E-state index in [0.717, 1.165) is 0 Å². The van der Waals surface area contributed by atoms with Crippen molar-refractivity contribution in [1.29, 1.82) is 0 Å². The second-order valence-electron chi connectivity index (χ2n) is 5.02. The van der Waals surface area contributed by atoms with Crippen LogP contribution < -0.4 is 0 Å². The van der Waals surface area contributed by atoms with Crippen molar-refractivity contribution in [2.75, 3.05) is 0 Å². The third-order valence-corrected chi connectivity index (χ3v) is 3.52. The maximum atomic E-state index is 9.38. The number of hydrogen-bond donors (Lipinski definition) is 6. The summed E-state index contributed by atoms with van der Waals surface area (Å²) in [5.74, 6) is -0.0758. The maximum absolute atomic E-state index is 9.38. The summed E-state index contributed by atoms with van der Waals surface area (Å²) >= 11 is 0. The summed E-state index contributed by atoms with van der Waals surface area (Å²) < 4.78 is 0. The summed E-state index contributed by atoms with van der Waals surface area (Å²) in [6.07, 6.45) is 2.89. The second kappa shape index (κ2) is 10.8. The van der Waals surface area contributed by atoms with Gasteiger partial charge in [-0.25, -0.2) is 0 Å². The lowest BCUT2D eigenvalue weighted by Gasteiger charge is -2.07. The summed E-state index contributed by atoms with van der Waals surface area (Å²) in [5.41, 5.74) is 2.53. The first-order chi connectivity index (χ1) is 11.4. The zero-order valence-electron chi connectivity index (χ0n) is 14.0. The number of aryl methyl sites for hydroxylation is 2. The average Bonchev–Trinajstić information content (AvgIpc) is 2.59. The van der Waals surface area contributed by atoms with E-state index in [1.165, 1.54) is 12.4 Å². The molecule has 2 aromatic heterocycles. The molecule has 0 fully saturated rings. The minimum atomic E-state index is -0.287. The molecular formula is C16H23ClN2O6. The molecule has 0 unspecified atom stereocenters. The zero-order valence-corrected chi connectivity index (χ0v) is 14.8. The summed E-state index contributed by atoms with van der Waals surface area (Å²) in [6.45, 7) is 2.24. The van der Waals surface area contributed by atoms with Gasteiger partial charge >= 0.3 is 0 Å². The van der Waals surface area contributed by atoms with Crippen LogP contribution in [0.1, 0.15) is 33.6 Å². The molecule has 0 amide bonds. The standard InChI is InChI=1S/2C8H11NO3.ClH/c2*1-5-8(12)7(4-11)6(3-10)2-9-5;/h2*2,10-12H,3-4H2,1H3;1H. The quantitative estimate of drug-likeness (QED) is 0.455. The Kier molecular flexibility index (Phi) is 9.95. The molecule has 2 rings (SSSR count). The van der Waals surface area contributed by atoms with Crippen molar-refractivity contribution < 1.29 is 30.6 Å². The molecule has 2 aromatic rings. The van der Waals surface area contributed by atoms with E-state index in [-0.39, 0.29) is 50.3 Å². The van der Waals surface area contributed by atoms with Gasteiger partial charge in [-0.15, -0.1) is 12.4 Å². The molecule has 0 saturated heterocycles. The van der Waals surface area contributed by atoms with E-state index >= 15 is 0 Å². The lowest BCUT2D eigenvalue weighted by Crippen LogP contribution is -1.98. The van der Waals surface area contributed by atoms with Gasteiger partial charge in [-0.05, 0) is 13.8 Å². The second-order valence-corrected chi connectivity index (χ2v) is 5.02. The third-order valence-electron chi connectivity index (χ3n) is 3.52. The van der Waals surface area contributed by atoms with Crippen LogP contribution in [-0.2, 0) is 26.4 Å². The molecule has 140 valence electrons. The Morgan fingerprint density at radius 3 is 1.24 bits per heavy atom. The first-order valence-corrected chi connectivity index (χ1v) is 7.17. The number of aromatic nitrogens is 2. The third kappa shape index (κ3) is 5.52. The van der Waals surface area contributed by atoms with Gasteiger partial charge in [-0.3, -0.25) is 9.97 Å². The lowest BCUT2D eigenvalue weighted by molar-refractivity contribution is 0.254. The molecule has 9 heteroatoms. The van der Waals surface area contributed by atoms with Crippen molar-refractivity contribution in [2.45, 2.75) is 40.3 Å². The Bertz CT molecular complexity index is 637. The fourth-order valence-electron chi connectivity index (χ4n) is 1.99. The van der Waals surface area contributed by atoms with Gasteiger partial charge in [-0.2, -0.15) is 0 Å². The number of aromatic hydroxyl groups is 2. The van der Waals surface area contributed by atoms with Gasteiger partial charge < -0.3 is 30.6 Å². The van der Waals surface area contributed by atoms with E-state index in [4.69, 9.17) is 20.4 Å². The summed E-state index contributed by atoms with van der Waals surface area (Å²) in [7, 11) is 0. The predicted molar refractivity (Wildman–Crippen MR) is 92.2 cm³/mol. The molecule has 25 heavy (non-hydrogen) atoms. The zero-order chi connectivity index (χ0) is 18.3. The van der Waals surface area contributed by atoms with E-state index in [1.54, 1.807) is 13.8 Å². The van der Waals surface area contributed by atoms with Crippen molar-refractivity contribution >= 4 is 12.4 Å². The van der Waals surface area contributed by atoms with Crippen LogP contribution in [0.3, 0.4) is 0 Å². The summed E-state index contributed by atoms with van der Waals surface area (Å²) in [5, 5.41) is 54.1. The van der Waals surface area contributed by atoms with E-state index in [1.807, 2.05) is 0 Å². The number of aliphatic hydroxyl groups is 4. The molecule has 0 atom stereocenters. The molecule has 0 radical (unpaired) electrons. The van der Waals surface area contributed by atoms with Crippen LogP contribution in [0.2, 0.25) is 0 Å². The molecule has 0 bridgehead atoms. The molecule has 0 saturated carbocycles. The average molecular weight is 375 g/mol. The molecule has 0 aromatic carbocycles. The van der Waals surface area contributed by atoms with E-state index < -0.39 is 0 Å². The predicted octanol–water partition coefficient (Wildman–Crippen LogP) is 0.582. The van der Waals surface area contributed by atoms with Crippen molar-refractivity contribution in [3.05, 3.63) is 46.0 Å². The number of rotatable bonds is 4. The monoisotopic (exact) mass is 374 g/mol. The minimum absolute atomic E-state index is 0. The highest BCUT2D eigenvalue weighted by Crippen LogP contribution is 2.24. The van der Waals surface area contributed by atoms with Gasteiger partial charge in [0.15, 0.2) is 0 Å². The molecule has 0 spiro atoms. The van der Waals surface area contributed by atoms with Gasteiger partial charge in [-0.1, -0.05) is 0 Å². The van der Waals surface area contributed by atoms with Gasteiger partial charge in [0.2, 0.25) is 0 Å². The van der Waals surface area contributed by atoms with E-state index in [2.05, 4.69) is 9.97 Å². The highest BCUT2D eigenvalue weighted by atomic mass is 35.5. The summed E-state index contributed by atoms with van der Waals surface area (Å²) in [6, 6.07) is 0. The first kappa shape index (κ1) is 23.0. The SMILES string of the molecule is Cc1ncc(CO)c(CO)c1O.Cc1ncc(CO)c(CO)c1O.Cl. The maximum Gasteiger partial charge on any atom is 0.142 e. The Morgan fingerprint density at radius 2 is 1.00 bits per heavy atom. The van der Waals surface area contributed by atoms with Gasteiger partial charge in [0.05, 0.1) is 37.8 Å². The van der Waals surface area contributed by atoms with Crippen LogP contribution in [0.5, 0.6) is 11.5 Å². The smallest absolute Gasteiger partial charge is 0.142 e. The fraction of sp³-hybridized carbons (Fsp3) is 0.375. The largest absolute Gasteiger partial charge is 0.506 e. The van der Waals surface area contributed by atoms with Crippen LogP contribution >= 0.6 is 12.4 Å². The Balaban J connectivity index is 0.000000443. The van der Waals surface area contributed by atoms with Crippen LogP contribution in [0, 0.1) is 13.8 Å². The fourth-order valence-corrected chi connectivity index (χ4v) is 1.99. The molecular weight excluding hydrogens is 352 g/mol. The molecule has 8 nitrogen and oxygen atoms in total. The molecule has 0 aliphatic heterocycles. The number of pyridine rings is 2. The topological polar surface area (TPSA) is 147 Å². The van der Waals surface area contributed by atoms with Gasteiger partial charge in [0.25, 0.3) is 0 Å². The summed E-state index contributed by atoms with van der Waals surface area (Å²) in [4.78, 5) is 7.67. The van der Waals surface area contributed by atoms with Crippen molar-refractivity contribution in [3.63, 3.8) is 0 Å². The molecule has 6 N–H and O–H groups in total. The lowest BCUT2D eigenvalue weighted by atomic mass is 10.1. The molecule has 2 heterocycles. The Hall–Kier alpha value is -1.97. The van der Waals surface area contributed by atoms with Crippen LogP contribution in [0.4, 0.5) is 0 Å². The first-order valence-electron chi connectivity index (χ1n) is 7.17. The van der Waals surface area contributed by atoms with Crippen LogP contribution in [-0.4, -0.2) is 40.6 Å². The number of aliphatic hydroxyl groups excluding tert-OH is 4. The highest BCUT2D eigenvalue weighted by Gasteiger charge is 2.10. The van der Waals surface area contributed by atoms with Crippen LogP contribution in [0.25, 0.3) is 0 Å². The minimum Gasteiger partial charge on any atom is -0.506 e.